The Morgan fingerprint density at radius 2 is 1.93 bits per heavy atom. The van der Waals surface area contributed by atoms with E-state index in [4.69, 9.17) is 0 Å². The summed E-state index contributed by atoms with van der Waals surface area (Å²) in [6.07, 6.45) is 6.56. The van der Waals surface area contributed by atoms with Crippen LogP contribution in [0.25, 0.3) is 0 Å². The van der Waals surface area contributed by atoms with Crippen LogP contribution in [0.15, 0.2) is 54.9 Å². The van der Waals surface area contributed by atoms with E-state index in [0.29, 0.717) is 5.56 Å². The highest BCUT2D eigenvalue weighted by atomic mass is 16.1. The van der Waals surface area contributed by atoms with E-state index in [1.807, 2.05) is 36.5 Å². The molecular formula is C24H29N5O. The molecule has 1 amide bonds. The molecule has 2 aromatic heterocycles. The van der Waals surface area contributed by atoms with Crippen LogP contribution < -0.4 is 10.2 Å². The molecule has 1 aliphatic carbocycles. The summed E-state index contributed by atoms with van der Waals surface area (Å²) in [5, 5.41) is 7.82. The van der Waals surface area contributed by atoms with E-state index in [2.05, 4.69) is 51.0 Å². The summed E-state index contributed by atoms with van der Waals surface area (Å²) in [5.74, 6) is 0.820. The molecule has 0 saturated carbocycles. The van der Waals surface area contributed by atoms with Gasteiger partial charge in [-0.3, -0.25) is 9.48 Å². The lowest BCUT2D eigenvalue weighted by atomic mass is 9.92. The van der Waals surface area contributed by atoms with Crippen molar-refractivity contribution in [2.24, 2.45) is 0 Å². The number of nitrogens with zero attached hydrogens (tertiary/aromatic N) is 4. The molecule has 1 atom stereocenters. The van der Waals surface area contributed by atoms with Gasteiger partial charge in [-0.1, -0.05) is 30.3 Å². The van der Waals surface area contributed by atoms with Crippen LogP contribution in [-0.2, 0) is 13.0 Å². The van der Waals surface area contributed by atoms with Crippen molar-refractivity contribution in [2.45, 2.75) is 45.7 Å². The predicted octanol–water partition coefficient (Wildman–Crippen LogP) is 3.98. The Labute approximate surface area is 177 Å². The molecule has 4 rings (SSSR count). The Hall–Kier alpha value is -3.15. The third-order valence-corrected chi connectivity index (χ3v) is 5.84. The van der Waals surface area contributed by atoms with Gasteiger partial charge in [-0.15, -0.1) is 0 Å². The molecule has 0 fully saturated rings. The lowest BCUT2D eigenvalue weighted by molar-refractivity contribution is 0.0932. The first-order valence-corrected chi connectivity index (χ1v) is 10.8. The molecule has 1 unspecified atom stereocenters. The third-order valence-electron chi connectivity index (χ3n) is 5.84. The van der Waals surface area contributed by atoms with Gasteiger partial charge in [0.05, 0.1) is 24.3 Å². The molecule has 0 radical (unpaired) electrons. The Balaban J connectivity index is 1.47. The molecule has 0 saturated heterocycles. The normalized spacial score (nSPS) is 15.5. The Bertz CT molecular complexity index is 977. The van der Waals surface area contributed by atoms with Gasteiger partial charge in [0.2, 0.25) is 0 Å². The predicted molar refractivity (Wildman–Crippen MR) is 119 cm³/mol. The van der Waals surface area contributed by atoms with Crippen molar-refractivity contribution in [1.29, 1.82) is 0 Å². The molecule has 6 nitrogen and oxygen atoms in total. The molecule has 2 heterocycles. The smallest absolute Gasteiger partial charge is 0.253 e. The number of nitrogens with one attached hydrogen (secondary N) is 1. The molecule has 0 spiro atoms. The zero-order chi connectivity index (χ0) is 20.9. The molecule has 30 heavy (non-hydrogen) atoms. The van der Waals surface area contributed by atoms with Gasteiger partial charge in [0, 0.05) is 30.5 Å². The topological polar surface area (TPSA) is 63.1 Å². The molecular weight excluding hydrogens is 374 g/mol. The van der Waals surface area contributed by atoms with Crippen molar-refractivity contribution in [3.8, 4) is 0 Å². The average molecular weight is 404 g/mol. The van der Waals surface area contributed by atoms with Crippen LogP contribution in [0, 0.1) is 0 Å². The van der Waals surface area contributed by atoms with E-state index >= 15 is 0 Å². The molecule has 156 valence electrons. The monoisotopic (exact) mass is 403 g/mol. The number of carbonyl (C=O) groups is 1. The first-order chi connectivity index (χ1) is 14.7. The van der Waals surface area contributed by atoms with E-state index < -0.39 is 0 Å². The lowest BCUT2D eigenvalue weighted by Gasteiger charge is -2.24. The summed E-state index contributed by atoms with van der Waals surface area (Å²) < 4.78 is 2.07. The number of hydrogen-bond acceptors (Lipinski definition) is 4. The zero-order valence-corrected chi connectivity index (χ0v) is 17.7. The maximum absolute atomic E-state index is 12.8. The van der Waals surface area contributed by atoms with Gasteiger partial charge < -0.3 is 10.2 Å². The first-order valence-electron chi connectivity index (χ1n) is 10.8. The quantitative estimate of drug-likeness (QED) is 0.648. The van der Waals surface area contributed by atoms with Crippen LogP contribution in [0.2, 0.25) is 0 Å². The van der Waals surface area contributed by atoms with Gasteiger partial charge in [0.25, 0.3) is 5.91 Å². The van der Waals surface area contributed by atoms with E-state index in [-0.39, 0.29) is 11.9 Å². The largest absolute Gasteiger partial charge is 0.357 e. The molecule has 3 aromatic rings. The van der Waals surface area contributed by atoms with Crippen LogP contribution in [0.3, 0.4) is 0 Å². The average Bonchev–Trinajstić information content (AvgIpc) is 3.19. The fourth-order valence-electron chi connectivity index (χ4n) is 4.16. The SMILES string of the molecule is CCN(CC)c1ccc(C(=O)NC2CCCc3c2cnn3Cc2ccccc2)cn1. The fraction of sp³-hybridized carbons (Fsp3) is 0.375. The van der Waals surface area contributed by atoms with E-state index in [1.54, 1.807) is 6.20 Å². The van der Waals surface area contributed by atoms with Crippen molar-refractivity contribution in [2.75, 3.05) is 18.0 Å². The summed E-state index contributed by atoms with van der Waals surface area (Å²) in [5.41, 5.74) is 4.19. The molecule has 0 bridgehead atoms. The van der Waals surface area contributed by atoms with Gasteiger partial charge in [0.1, 0.15) is 5.82 Å². The molecule has 1 N–H and O–H groups in total. The van der Waals surface area contributed by atoms with Gasteiger partial charge in [0.15, 0.2) is 0 Å². The number of hydrogen-bond donors (Lipinski definition) is 1. The highest BCUT2D eigenvalue weighted by Crippen LogP contribution is 2.30. The third kappa shape index (κ3) is 4.22. The van der Waals surface area contributed by atoms with E-state index in [1.165, 1.54) is 11.3 Å². The number of amides is 1. The Kier molecular flexibility index (Phi) is 6.12. The second-order valence-corrected chi connectivity index (χ2v) is 7.69. The van der Waals surface area contributed by atoms with Gasteiger partial charge in [-0.05, 0) is 50.8 Å². The van der Waals surface area contributed by atoms with Crippen LogP contribution in [-0.4, -0.2) is 33.8 Å². The van der Waals surface area contributed by atoms with Gasteiger partial charge >= 0.3 is 0 Å². The fourth-order valence-corrected chi connectivity index (χ4v) is 4.16. The van der Waals surface area contributed by atoms with Gasteiger partial charge in [-0.25, -0.2) is 4.98 Å². The van der Waals surface area contributed by atoms with Crippen LogP contribution in [0.1, 0.15) is 59.9 Å². The van der Waals surface area contributed by atoms with Gasteiger partial charge in [-0.2, -0.15) is 5.10 Å². The van der Waals surface area contributed by atoms with Crippen molar-refractivity contribution < 1.29 is 4.79 Å². The highest BCUT2D eigenvalue weighted by molar-refractivity contribution is 5.94. The maximum atomic E-state index is 12.8. The second kappa shape index (κ2) is 9.11. The van der Waals surface area contributed by atoms with E-state index in [0.717, 1.165) is 50.3 Å². The Morgan fingerprint density at radius 1 is 1.13 bits per heavy atom. The minimum absolute atomic E-state index is 0.00627. The Morgan fingerprint density at radius 3 is 2.63 bits per heavy atom. The lowest BCUT2D eigenvalue weighted by Crippen LogP contribution is -2.31. The van der Waals surface area contributed by atoms with Crippen LogP contribution in [0.4, 0.5) is 5.82 Å². The number of aromatic nitrogens is 3. The molecule has 0 aliphatic heterocycles. The number of rotatable bonds is 7. The minimum atomic E-state index is -0.0812. The van der Waals surface area contributed by atoms with Crippen LogP contribution >= 0.6 is 0 Å². The van der Waals surface area contributed by atoms with Crippen LogP contribution in [0.5, 0.6) is 0 Å². The second-order valence-electron chi connectivity index (χ2n) is 7.69. The van der Waals surface area contributed by atoms with E-state index in [9.17, 15) is 4.79 Å². The summed E-state index contributed by atoms with van der Waals surface area (Å²) in [7, 11) is 0. The summed E-state index contributed by atoms with van der Waals surface area (Å²) >= 11 is 0. The standard InChI is InChI=1S/C24H29N5O/c1-3-28(4-2)23-14-13-19(15-25-23)24(30)27-21-11-8-12-22-20(21)16-26-29(22)17-18-9-6-5-7-10-18/h5-7,9-10,13-16,21H,3-4,8,11-12,17H2,1-2H3,(H,27,30). The summed E-state index contributed by atoms with van der Waals surface area (Å²) in [6.45, 7) is 6.75. The maximum Gasteiger partial charge on any atom is 0.253 e. The summed E-state index contributed by atoms with van der Waals surface area (Å²) in [4.78, 5) is 19.5. The highest BCUT2D eigenvalue weighted by Gasteiger charge is 2.26. The summed E-state index contributed by atoms with van der Waals surface area (Å²) in [6, 6.07) is 14.1. The minimum Gasteiger partial charge on any atom is -0.357 e. The molecule has 6 heteroatoms. The van der Waals surface area contributed by atoms with Crippen molar-refractivity contribution in [3.63, 3.8) is 0 Å². The van der Waals surface area contributed by atoms with Crippen molar-refractivity contribution in [1.82, 2.24) is 20.1 Å². The number of fused-ring (bicyclic) bond motifs is 1. The zero-order valence-electron chi connectivity index (χ0n) is 17.7. The number of benzene rings is 1. The number of anilines is 1. The molecule has 1 aromatic carbocycles. The molecule has 1 aliphatic rings. The van der Waals surface area contributed by atoms with Crippen molar-refractivity contribution >= 4 is 11.7 Å². The number of pyridine rings is 1. The first kappa shape index (κ1) is 20.1. The number of carbonyl (C=O) groups excluding carboxylic acids is 1. The van der Waals surface area contributed by atoms with Crippen molar-refractivity contribution in [3.05, 3.63) is 77.2 Å².